The standard InChI is InChI=1S/C17H22N4/c1-2-14(19)10-13-11-21(12-17(5-6-17)7-8-18)16-15(13)4-3-9-20-16/h3-4,9,11,14H,2,5-7,10,12,19H2,1H3. The maximum Gasteiger partial charge on any atom is 0.140 e. The number of hydrogen-bond donors (Lipinski definition) is 1. The largest absolute Gasteiger partial charge is 0.332 e. The molecule has 3 rings (SSSR count). The maximum absolute atomic E-state index is 9.00. The third kappa shape index (κ3) is 2.79. The highest BCUT2D eigenvalue weighted by molar-refractivity contribution is 5.80. The third-order valence-electron chi connectivity index (χ3n) is 4.64. The van der Waals surface area contributed by atoms with E-state index in [-0.39, 0.29) is 11.5 Å². The molecule has 4 heteroatoms. The number of nitrogens with two attached hydrogens (primary N) is 1. The maximum atomic E-state index is 9.00. The van der Waals surface area contributed by atoms with Gasteiger partial charge in [-0.15, -0.1) is 0 Å². The van der Waals surface area contributed by atoms with Gasteiger partial charge in [0, 0.05) is 42.2 Å². The van der Waals surface area contributed by atoms with E-state index < -0.39 is 0 Å². The fraction of sp³-hybridized carbons (Fsp3) is 0.529. The van der Waals surface area contributed by atoms with Crippen molar-refractivity contribution in [3.8, 4) is 6.07 Å². The van der Waals surface area contributed by atoms with Gasteiger partial charge in [-0.2, -0.15) is 5.26 Å². The molecule has 1 saturated carbocycles. The number of nitriles is 1. The summed E-state index contributed by atoms with van der Waals surface area (Å²) in [6, 6.07) is 6.63. The molecule has 1 aliphatic rings. The number of pyridine rings is 1. The predicted molar refractivity (Wildman–Crippen MR) is 83.6 cm³/mol. The average molecular weight is 282 g/mol. The monoisotopic (exact) mass is 282 g/mol. The quantitative estimate of drug-likeness (QED) is 0.885. The Balaban J connectivity index is 1.94. The molecule has 0 saturated heterocycles. The van der Waals surface area contributed by atoms with E-state index >= 15 is 0 Å². The summed E-state index contributed by atoms with van der Waals surface area (Å²) in [4.78, 5) is 4.55. The van der Waals surface area contributed by atoms with Crippen molar-refractivity contribution >= 4 is 11.0 Å². The van der Waals surface area contributed by atoms with Crippen LogP contribution < -0.4 is 5.73 Å². The first kappa shape index (κ1) is 14.1. The Labute approximate surface area is 125 Å². The zero-order valence-electron chi connectivity index (χ0n) is 12.5. The molecular weight excluding hydrogens is 260 g/mol. The molecule has 0 bridgehead atoms. The summed E-state index contributed by atoms with van der Waals surface area (Å²) in [6.07, 6.45) is 8.84. The predicted octanol–water partition coefficient (Wildman–Crippen LogP) is 3.01. The van der Waals surface area contributed by atoms with Gasteiger partial charge in [0.15, 0.2) is 0 Å². The molecule has 0 aromatic carbocycles. The molecule has 0 amide bonds. The van der Waals surface area contributed by atoms with Crippen LogP contribution in [0.1, 0.15) is 38.2 Å². The second-order valence-electron chi connectivity index (χ2n) is 6.36. The van der Waals surface area contributed by atoms with E-state index in [2.05, 4.69) is 34.8 Å². The van der Waals surface area contributed by atoms with Crippen molar-refractivity contribution in [1.82, 2.24) is 9.55 Å². The van der Waals surface area contributed by atoms with Gasteiger partial charge < -0.3 is 10.3 Å². The molecule has 2 heterocycles. The van der Waals surface area contributed by atoms with E-state index in [9.17, 15) is 0 Å². The molecular formula is C17H22N4. The third-order valence-corrected chi connectivity index (χ3v) is 4.64. The van der Waals surface area contributed by atoms with Crippen molar-refractivity contribution in [3.63, 3.8) is 0 Å². The summed E-state index contributed by atoms with van der Waals surface area (Å²) in [5, 5.41) is 10.2. The highest BCUT2D eigenvalue weighted by atomic mass is 15.0. The molecule has 0 spiro atoms. The molecule has 0 aliphatic heterocycles. The Kier molecular flexibility index (Phi) is 3.69. The van der Waals surface area contributed by atoms with Crippen LogP contribution in [0.4, 0.5) is 0 Å². The molecule has 1 aliphatic carbocycles. The molecule has 110 valence electrons. The summed E-state index contributed by atoms with van der Waals surface area (Å²) in [5.41, 5.74) is 8.61. The molecule has 0 radical (unpaired) electrons. The van der Waals surface area contributed by atoms with E-state index in [1.165, 1.54) is 10.9 Å². The second-order valence-corrected chi connectivity index (χ2v) is 6.36. The minimum absolute atomic E-state index is 0.183. The number of nitrogens with zero attached hydrogens (tertiary/aromatic N) is 3. The Bertz CT molecular complexity index is 676. The first-order chi connectivity index (χ1) is 10.2. The van der Waals surface area contributed by atoms with E-state index in [0.29, 0.717) is 6.42 Å². The van der Waals surface area contributed by atoms with Gasteiger partial charge in [-0.3, -0.25) is 0 Å². The van der Waals surface area contributed by atoms with Crippen LogP contribution >= 0.6 is 0 Å². The number of hydrogen-bond acceptors (Lipinski definition) is 3. The lowest BCUT2D eigenvalue weighted by molar-refractivity contribution is 0.437. The van der Waals surface area contributed by atoms with Crippen LogP contribution in [0.25, 0.3) is 11.0 Å². The first-order valence-electron chi connectivity index (χ1n) is 7.73. The van der Waals surface area contributed by atoms with Gasteiger partial charge in [0.1, 0.15) is 5.65 Å². The molecule has 1 unspecified atom stereocenters. The van der Waals surface area contributed by atoms with Crippen LogP contribution in [0, 0.1) is 16.7 Å². The van der Waals surface area contributed by atoms with E-state index in [0.717, 1.165) is 37.9 Å². The van der Waals surface area contributed by atoms with Crippen molar-refractivity contribution in [2.24, 2.45) is 11.1 Å². The van der Waals surface area contributed by atoms with Gasteiger partial charge in [-0.25, -0.2) is 4.98 Å². The lowest BCUT2D eigenvalue weighted by Crippen LogP contribution is -2.21. The van der Waals surface area contributed by atoms with Crippen LogP contribution in [0.3, 0.4) is 0 Å². The van der Waals surface area contributed by atoms with Crippen LogP contribution in [0.5, 0.6) is 0 Å². The summed E-state index contributed by atoms with van der Waals surface area (Å²) < 4.78 is 2.23. The van der Waals surface area contributed by atoms with Crippen molar-refractivity contribution in [2.75, 3.05) is 0 Å². The van der Waals surface area contributed by atoms with E-state index in [4.69, 9.17) is 11.0 Å². The zero-order chi connectivity index (χ0) is 14.9. The van der Waals surface area contributed by atoms with Crippen molar-refractivity contribution in [3.05, 3.63) is 30.1 Å². The minimum Gasteiger partial charge on any atom is -0.332 e. The van der Waals surface area contributed by atoms with Gasteiger partial charge >= 0.3 is 0 Å². The lowest BCUT2D eigenvalue weighted by Gasteiger charge is -2.12. The molecule has 2 aromatic heterocycles. The van der Waals surface area contributed by atoms with Crippen LogP contribution in [-0.2, 0) is 13.0 Å². The zero-order valence-corrected chi connectivity index (χ0v) is 12.5. The number of aromatic nitrogens is 2. The Morgan fingerprint density at radius 2 is 2.33 bits per heavy atom. The van der Waals surface area contributed by atoms with Crippen molar-refractivity contribution in [1.29, 1.82) is 5.26 Å². The average Bonchev–Trinajstić information content (AvgIpc) is 3.17. The fourth-order valence-corrected chi connectivity index (χ4v) is 3.00. The van der Waals surface area contributed by atoms with Gasteiger partial charge in [0.2, 0.25) is 0 Å². The van der Waals surface area contributed by atoms with Gasteiger partial charge in [0.25, 0.3) is 0 Å². The van der Waals surface area contributed by atoms with Gasteiger partial charge in [0.05, 0.1) is 6.07 Å². The summed E-state index contributed by atoms with van der Waals surface area (Å²) >= 11 is 0. The molecule has 21 heavy (non-hydrogen) atoms. The number of fused-ring (bicyclic) bond motifs is 1. The first-order valence-corrected chi connectivity index (χ1v) is 7.73. The Hall–Kier alpha value is -1.86. The molecule has 1 atom stereocenters. The molecule has 1 fully saturated rings. The van der Waals surface area contributed by atoms with E-state index in [1.807, 2.05) is 12.3 Å². The lowest BCUT2D eigenvalue weighted by atomic mass is 10.0. The van der Waals surface area contributed by atoms with Crippen LogP contribution in [-0.4, -0.2) is 15.6 Å². The summed E-state index contributed by atoms with van der Waals surface area (Å²) in [7, 11) is 0. The summed E-state index contributed by atoms with van der Waals surface area (Å²) in [6.45, 7) is 3.02. The fourth-order valence-electron chi connectivity index (χ4n) is 3.00. The molecule has 2 N–H and O–H groups in total. The number of rotatable bonds is 6. The molecule has 4 nitrogen and oxygen atoms in total. The van der Waals surface area contributed by atoms with Gasteiger partial charge in [-0.1, -0.05) is 6.92 Å². The molecule has 2 aromatic rings. The second kappa shape index (κ2) is 5.50. The van der Waals surface area contributed by atoms with Gasteiger partial charge in [-0.05, 0) is 43.4 Å². The Morgan fingerprint density at radius 3 is 3.00 bits per heavy atom. The SMILES string of the molecule is CCC(N)Cc1cn(CC2(CC#N)CC2)c2ncccc12. The van der Waals surface area contributed by atoms with Crippen molar-refractivity contribution < 1.29 is 0 Å². The highest BCUT2D eigenvalue weighted by Gasteiger charge is 2.43. The van der Waals surface area contributed by atoms with Crippen molar-refractivity contribution in [2.45, 2.75) is 51.6 Å². The topological polar surface area (TPSA) is 67.6 Å². The minimum atomic E-state index is 0.183. The smallest absolute Gasteiger partial charge is 0.140 e. The van der Waals surface area contributed by atoms with Crippen LogP contribution in [0.15, 0.2) is 24.5 Å². The summed E-state index contributed by atoms with van der Waals surface area (Å²) in [5.74, 6) is 0. The van der Waals surface area contributed by atoms with Crippen LogP contribution in [0.2, 0.25) is 0 Å². The van der Waals surface area contributed by atoms with E-state index in [1.54, 1.807) is 0 Å². The Morgan fingerprint density at radius 1 is 1.52 bits per heavy atom. The normalized spacial score (nSPS) is 17.6. The highest BCUT2D eigenvalue weighted by Crippen LogP contribution is 2.50.